The molecular weight excluding hydrogens is 927 g/mol. The third kappa shape index (κ3) is 4.16. The van der Waals surface area contributed by atoms with Crippen LogP contribution < -0.4 is 0 Å². The van der Waals surface area contributed by atoms with Crippen LogP contribution in [0.15, 0.2) is 84.3 Å². The molecule has 0 atom stereocenters. The second-order valence-electron chi connectivity index (χ2n) is 7.25. The summed E-state index contributed by atoms with van der Waals surface area (Å²) in [6, 6.07) is 17.5. The molecule has 32 heavy (non-hydrogen) atoms. The van der Waals surface area contributed by atoms with E-state index in [4.69, 9.17) is 0 Å². The Balaban J connectivity index is 2.44. The fourth-order valence-corrected chi connectivity index (χ4v) is 6.72. The topological polar surface area (TPSA) is 0 Å². The number of rotatable bonds is 0. The maximum absolute atomic E-state index is 3.72. The fraction of sp³-hybridized carbons (Fsp3) is 0. The Morgan fingerprint density at radius 1 is 0.219 bits per heavy atom. The zero-order valence-electron chi connectivity index (χ0n) is 15.6. The van der Waals surface area contributed by atoms with Gasteiger partial charge >= 0.3 is 0 Å². The number of hydrogen-bond acceptors (Lipinski definition) is 0. The van der Waals surface area contributed by atoms with Crippen molar-refractivity contribution in [3.05, 3.63) is 126 Å². The number of halogens is 8. The zero-order chi connectivity index (χ0) is 22.9. The number of hydrogen-bond donors (Lipinski definition) is 0. The maximum atomic E-state index is 3.72. The summed E-state index contributed by atoms with van der Waals surface area (Å²) in [5.41, 5.74) is 0. The van der Waals surface area contributed by atoms with Gasteiger partial charge in [0.05, 0.1) is 0 Å². The van der Waals surface area contributed by atoms with Gasteiger partial charge in [-0.2, -0.15) is 0 Å². The Hall–Kier alpha value is 0.720. The quantitative estimate of drug-likeness (QED) is 0.145. The van der Waals surface area contributed by atoms with Gasteiger partial charge < -0.3 is 0 Å². The molecule has 1 aliphatic rings. The van der Waals surface area contributed by atoms with Gasteiger partial charge in [-0.05, 0) is 218 Å². The Kier molecular flexibility index (Phi) is 7.10. The molecule has 0 radical (unpaired) electrons. The summed E-state index contributed by atoms with van der Waals surface area (Å²) in [6.45, 7) is 0. The molecule has 0 unspecified atom stereocenters. The van der Waals surface area contributed by atoms with Crippen molar-refractivity contribution in [3.63, 3.8) is 0 Å². The van der Waals surface area contributed by atoms with Crippen molar-refractivity contribution in [2.24, 2.45) is 0 Å². The minimum absolute atomic E-state index is 1.01. The molecule has 0 spiro atoms. The molecule has 0 aliphatic heterocycles. The predicted octanol–water partition coefficient (Wildman–Crippen LogP) is 11.2. The van der Waals surface area contributed by atoms with Gasteiger partial charge in [0, 0.05) is 35.8 Å². The van der Waals surface area contributed by atoms with E-state index in [9.17, 15) is 0 Å². The van der Waals surface area contributed by atoms with Gasteiger partial charge in [-0.15, -0.1) is 0 Å². The van der Waals surface area contributed by atoms with E-state index in [2.05, 4.69) is 176 Å². The van der Waals surface area contributed by atoms with Crippen LogP contribution in [0.25, 0.3) is 0 Å². The monoisotopic (exact) mass is 927 g/mol. The Morgan fingerprint density at radius 3 is 0.406 bits per heavy atom. The second-order valence-corrected chi connectivity index (χ2v) is 14.1. The van der Waals surface area contributed by atoms with Crippen molar-refractivity contribution in [3.8, 4) is 0 Å². The third-order valence-electron chi connectivity index (χ3n) is 5.40. The third-order valence-corrected chi connectivity index (χ3v) is 12.8. The van der Waals surface area contributed by atoms with E-state index in [1.807, 2.05) is 0 Å². The molecule has 1 aliphatic carbocycles. The van der Waals surface area contributed by atoms with Crippen LogP contribution in [-0.2, 0) is 0 Å². The number of benzene rings is 4. The van der Waals surface area contributed by atoms with Crippen molar-refractivity contribution >= 4 is 127 Å². The normalized spacial score (nSPS) is 16.2. The first kappa shape index (κ1) is 24.4. The van der Waals surface area contributed by atoms with Crippen molar-refractivity contribution in [2.45, 2.75) is 0 Å². The van der Waals surface area contributed by atoms with Crippen molar-refractivity contribution in [1.29, 1.82) is 0 Å². The summed E-state index contributed by atoms with van der Waals surface area (Å²) in [7, 11) is 0. The largest absolute Gasteiger partial charge is 0.0496 e. The molecule has 0 nitrogen and oxygen atoms in total. The molecule has 4 aromatic rings. The molecule has 4 aromatic carbocycles. The van der Waals surface area contributed by atoms with Crippen molar-refractivity contribution < 1.29 is 0 Å². The van der Waals surface area contributed by atoms with Crippen LogP contribution in [0, 0.1) is 41.7 Å². The second kappa shape index (κ2) is 9.30. The molecule has 0 N–H and O–H groups in total. The lowest BCUT2D eigenvalue weighted by Gasteiger charge is -2.08. The van der Waals surface area contributed by atoms with E-state index in [1.165, 1.54) is 0 Å². The highest BCUT2D eigenvalue weighted by Crippen LogP contribution is 2.31. The zero-order valence-corrected chi connectivity index (χ0v) is 28.3. The smallest absolute Gasteiger partial charge is 0.0324 e. The molecule has 0 bridgehead atoms. The van der Waals surface area contributed by atoms with Gasteiger partial charge in [-0.3, -0.25) is 0 Å². The van der Waals surface area contributed by atoms with Gasteiger partial charge in [-0.25, -0.2) is 0 Å². The highest BCUT2D eigenvalue weighted by molar-refractivity contribution is 9.14. The first-order valence-electron chi connectivity index (χ1n) is 9.13. The molecule has 160 valence electrons. The van der Waals surface area contributed by atoms with Crippen LogP contribution in [0.2, 0.25) is 0 Å². The summed E-state index contributed by atoms with van der Waals surface area (Å²) in [5, 5.41) is 9.25. The van der Waals surface area contributed by atoms with E-state index >= 15 is 0 Å². The van der Waals surface area contributed by atoms with Crippen LogP contribution in [0.5, 0.6) is 0 Å². The van der Waals surface area contributed by atoms with Crippen LogP contribution in [-0.4, -0.2) is 0 Å². The Bertz CT molecular complexity index is 1410. The molecule has 0 saturated carbocycles. The summed E-state index contributed by atoms with van der Waals surface area (Å²) >= 11 is 29.8. The van der Waals surface area contributed by atoms with Gasteiger partial charge in [-0.1, -0.05) is 0 Å². The lowest BCUT2D eigenvalue weighted by molar-refractivity contribution is 1.25. The highest BCUT2D eigenvalue weighted by atomic mass is 79.9. The first-order chi connectivity index (χ1) is 15.2. The van der Waals surface area contributed by atoms with Crippen LogP contribution >= 0.6 is 127 Å². The SMILES string of the molecule is Brc1cc2/c(cc1Br)=c1/cc(Br)c(Br)c/c1=c1\cc(Br)c(Br)c\c1=c1/cc(Br)c(Br)c/c1=2. The average molecular weight is 936 g/mol. The lowest BCUT2D eigenvalue weighted by atomic mass is 10.0. The molecule has 0 aromatic heterocycles. The fourth-order valence-electron chi connectivity index (χ4n) is 3.97. The highest BCUT2D eigenvalue weighted by Gasteiger charge is 2.09. The molecule has 0 heterocycles. The summed E-state index contributed by atoms with van der Waals surface area (Å²) < 4.78 is 8.09. The first-order valence-corrected chi connectivity index (χ1v) is 15.5. The van der Waals surface area contributed by atoms with E-state index in [0.29, 0.717) is 0 Å². The van der Waals surface area contributed by atoms with Gasteiger partial charge in [0.1, 0.15) is 0 Å². The molecule has 8 heteroatoms. The van der Waals surface area contributed by atoms with Gasteiger partial charge in [0.25, 0.3) is 0 Å². The van der Waals surface area contributed by atoms with E-state index < -0.39 is 0 Å². The van der Waals surface area contributed by atoms with E-state index in [0.717, 1.165) is 77.5 Å². The number of fused-ring (bicyclic) bond motifs is 4. The van der Waals surface area contributed by atoms with Crippen LogP contribution in [0.1, 0.15) is 0 Å². The van der Waals surface area contributed by atoms with Crippen LogP contribution in [0.3, 0.4) is 0 Å². The van der Waals surface area contributed by atoms with Gasteiger partial charge in [0.15, 0.2) is 0 Å². The molecule has 5 rings (SSSR count). The molecule has 0 saturated heterocycles. The van der Waals surface area contributed by atoms with Gasteiger partial charge in [0.2, 0.25) is 0 Å². The summed E-state index contributed by atoms with van der Waals surface area (Å²) in [5.74, 6) is 0. The van der Waals surface area contributed by atoms with Crippen LogP contribution in [0.4, 0.5) is 0 Å². The Morgan fingerprint density at radius 2 is 0.312 bits per heavy atom. The van der Waals surface area contributed by atoms with E-state index in [-0.39, 0.29) is 0 Å². The lowest BCUT2D eigenvalue weighted by Crippen LogP contribution is -1.92. The minimum atomic E-state index is 1.01. The average Bonchev–Trinajstić information content (AvgIpc) is 2.74. The summed E-state index contributed by atoms with van der Waals surface area (Å²) in [4.78, 5) is 0. The molecular formula is C24H8Br8. The Labute approximate surface area is 250 Å². The molecule has 0 fully saturated rings. The van der Waals surface area contributed by atoms with E-state index in [1.54, 1.807) is 0 Å². The van der Waals surface area contributed by atoms with Crippen molar-refractivity contribution in [2.75, 3.05) is 0 Å². The summed E-state index contributed by atoms with van der Waals surface area (Å²) in [6.07, 6.45) is 0. The minimum Gasteiger partial charge on any atom is -0.0496 e. The standard InChI is InChI=1S/C24H8Br8/c25-17-1-9-10(2-18(17)26)12-4-21(29)22(30)6-14(12)16-8-24(32)23(31)7-15(16)13-5-20(28)19(27)3-11(9)13/h1-8H/b11-9-,12-10-,15-13-,16-14-. The maximum Gasteiger partial charge on any atom is 0.0324 e. The van der Waals surface area contributed by atoms with Crippen molar-refractivity contribution in [1.82, 2.24) is 0 Å². The molecule has 0 amide bonds. The predicted molar refractivity (Wildman–Crippen MR) is 158 cm³/mol.